The van der Waals surface area contributed by atoms with Crippen LogP contribution in [0.1, 0.15) is 11.4 Å². The number of anilines is 1. The molecule has 0 fully saturated rings. The summed E-state index contributed by atoms with van der Waals surface area (Å²) in [4.78, 5) is 18.0. The summed E-state index contributed by atoms with van der Waals surface area (Å²) in [5.41, 5.74) is 6.39. The summed E-state index contributed by atoms with van der Waals surface area (Å²) in [6.45, 7) is 1.73. The van der Waals surface area contributed by atoms with Crippen LogP contribution in [0, 0.1) is 6.92 Å². The van der Waals surface area contributed by atoms with Crippen LogP contribution < -0.4 is 5.73 Å². The lowest BCUT2D eigenvalue weighted by atomic mass is 10.3. The van der Waals surface area contributed by atoms with Gasteiger partial charge < -0.3 is 10.8 Å². The van der Waals surface area contributed by atoms with Crippen molar-refractivity contribution in [3.8, 4) is 0 Å². The summed E-state index contributed by atoms with van der Waals surface area (Å²) >= 11 is 0. The maximum absolute atomic E-state index is 10.3. The van der Waals surface area contributed by atoms with Crippen molar-refractivity contribution in [2.75, 3.05) is 5.73 Å². The van der Waals surface area contributed by atoms with Crippen molar-refractivity contribution in [3.63, 3.8) is 0 Å². The average Bonchev–Trinajstić information content (AvgIpc) is 1.96. The largest absolute Gasteiger partial charge is 0.481 e. The number of nitrogens with two attached hydrogens (primary N) is 1. The first-order chi connectivity index (χ1) is 5.59. The Morgan fingerprint density at radius 2 is 2.42 bits per heavy atom. The summed E-state index contributed by atoms with van der Waals surface area (Å²) < 4.78 is 0. The minimum Gasteiger partial charge on any atom is -0.481 e. The number of aromatic nitrogens is 2. The zero-order valence-corrected chi connectivity index (χ0v) is 6.61. The number of carboxylic acids is 1. The molecule has 1 rings (SSSR count). The molecule has 0 saturated heterocycles. The van der Waals surface area contributed by atoms with E-state index < -0.39 is 5.97 Å². The minimum absolute atomic E-state index is 0.180. The van der Waals surface area contributed by atoms with Gasteiger partial charge in [-0.1, -0.05) is 0 Å². The molecule has 64 valence electrons. The Bertz CT molecular complexity index is 312. The molecule has 0 aliphatic heterocycles. The summed E-state index contributed by atoms with van der Waals surface area (Å²) in [7, 11) is 0. The molecule has 12 heavy (non-hydrogen) atoms. The third-order valence-electron chi connectivity index (χ3n) is 1.32. The summed E-state index contributed by atoms with van der Waals surface area (Å²) in [6.07, 6.45) is 1.32. The van der Waals surface area contributed by atoms with E-state index in [1.165, 1.54) is 6.20 Å². The zero-order valence-electron chi connectivity index (χ0n) is 6.61. The van der Waals surface area contributed by atoms with Gasteiger partial charge >= 0.3 is 5.97 Å². The van der Waals surface area contributed by atoms with Gasteiger partial charge in [0.15, 0.2) is 0 Å². The number of aliphatic carboxylic acids is 1. The SMILES string of the molecule is Cc1cnc(N)c(CC(=O)O)n1. The van der Waals surface area contributed by atoms with Gasteiger partial charge in [0.2, 0.25) is 0 Å². The normalized spacial score (nSPS) is 9.75. The van der Waals surface area contributed by atoms with Crippen LogP contribution in [-0.4, -0.2) is 21.0 Å². The molecule has 0 spiro atoms. The molecule has 0 bridgehead atoms. The van der Waals surface area contributed by atoms with Crippen LogP contribution in [0.15, 0.2) is 6.20 Å². The van der Waals surface area contributed by atoms with Crippen LogP contribution in [0.5, 0.6) is 0 Å². The standard InChI is InChI=1S/C7H9N3O2/c1-4-3-9-7(8)5(10-4)2-6(11)12/h3H,2H2,1H3,(H2,8,9)(H,11,12). The second-order valence-electron chi connectivity index (χ2n) is 2.41. The predicted molar refractivity (Wildman–Crippen MR) is 42.5 cm³/mol. The molecule has 1 aromatic heterocycles. The highest BCUT2D eigenvalue weighted by Crippen LogP contribution is 2.05. The maximum atomic E-state index is 10.3. The molecule has 0 unspecified atom stereocenters. The highest BCUT2D eigenvalue weighted by atomic mass is 16.4. The van der Waals surface area contributed by atoms with E-state index in [9.17, 15) is 4.79 Å². The number of rotatable bonds is 2. The first-order valence-corrected chi connectivity index (χ1v) is 3.39. The third-order valence-corrected chi connectivity index (χ3v) is 1.32. The van der Waals surface area contributed by atoms with Gasteiger partial charge in [-0.25, -0.2) is 4.98 Å². The van der Waals surface area contributed by atoms with Gasteiger partial charge in [-0.15, -0.1) is 0 Å². The molecular weight excluding hydrogens is 158 g/mol. The number of hydrogen-bond acceptors (Lipinski definition) is 4. The number of hydrogen-bond donors (Lipinski definition) is 2. The fourth-order valence-corrected chi connectivity index (χ4v) is 0.810. The lowest BCUT2D eigenvalue weighted by Crippen LogP contribution is -2.08. The van der Waals surface area contributed by atoms with Gasteiger partial charge in [-0.05, 0) is 6.92 Å². The van der Waals surface area contributed by atoms with E-state index in [-0.39, 0.29) is 12.2 Å². The van der Waals surface area contributed by atoms with Crippen LogP contribution in [-0.2, 0) is 11.2 Å². The van der Waals surface area contributed by atoms with E-state index in [0.29, 0.717) is 11.4 Å². The first-order valence-electron chi connectivity index (χ1n) is 3.39. The zero-order chi connectivity index (χ0) is 9.14. The van der Waals surface area contributed by atoms with Gasteiger partial charge in [0.1, 0.15) is 5.82 Å². The van der Waals surface area contributed by atoms with E-state index in [1.807, 2.05) is 0 Å². The van der Waals surface area contributed by atoms with Crippen molar-refractivity contribution in [2.45, 2.75) is 13.3 Å². The van der Waals surface area contributed by atoms with Crippen LogP contribution >= 0.6 is 0 Å². The lowest BCUT2D eigenvalue weighted by molar-refractivity contribution is -0.136. The first kappa shape index (κ1) is 8.45. The van der Waals surface area contributed by atoms with Crippen molar-refractivity contribution >= 4 is 11.8 Å². The smallest absolute Gasteiger partial charge is 0.309 e. The van der Waals surface area contributed by atoms with Gasteiger partial charge in [-0.2, -0.15) is 0 Å². The van der Waals surface area contributed by atoms with E-state index in [4.69, 9.17) is 10.8 Å². The second-order valence-corrected chi connectivity index (χ2v) is 2.41. The Kier molecular flexibility index (Phi) is 2.23. The molecule has 5 nitrogen and oxygen atoms in total. The molecule has 3 N–H and O–H groups in total. The third kappa shape index (κ3) is 1.91. The summed E-state index contributed by atoms with van der Waals surface area (Å²) in [6, 6.07) is 0. The molecule has 0 aliphatic carbocycles. The van der Waals surface area contributed by atoms with Crippen molar-refractivity contribution in [2.24, 2.45) is 0 Å². The molecule has 0 atom stereocenters. The number of aryl methyl sites for hydroxylation is 1. The Morgan fingerprint density at radius 3 is 3.00 bits per heavy atom. The van der Waals surface area contributed by atoms with E-state index in [0.717, 1.165) is 0 Å². The number of carboxylic acid groups (broad SMARTS) is 1. The van der Waals surface area contributed by atoms with Crippen LogP contribution in [0.4, 0.5) is 5.82 Å². The summed E-state index contributed by atoms with van der Waals surface area (Å²) in [5.74, 6) is -0.774. The topological polar surface area (TPSA) is 89.1 Å². The van der Waals surface area contributed by atoms with Gasteiger partial charge in [0.05, 0.1) is 24.0 Å². The second kappa shape index (κ2) is 3.17. The molecule has 0 saturated carbocycles. The molecule has 5 heteroatoms. The quantitative estimate of drug-likeness (QED) is 0.646. The van der Waals surface area contributed by atoms with Crippen LogP contribution in [0.2, 0.25) is 0 Å². The van der Waals surface area contributed by atoms with Crippen molar-refractivity contribution < 1.29 is 9.90 Å². The molecule has 0 radical (unpaired) electrons. The van der Waals surface area contributed by atoms with E-state index in [1.54, 1.807) is 6.92 Å². The average molecular weight is 167 g/mol. The van der Waals surface area contributed by atoms with Crippen molar-refractivity contribution in [1.82, 2.24) is 9.97 Å². The van der Waals surface area contributed by atoms with E-state index >= 15 is 0 Å². The number of carbonyl (C=O) groups is 1. The molecule has 0 aromatic carbocycles. The highest BCUT2D eigenvalue weighted by molar-refractivity contribution is 5.71. The van der Waals surface area contributed by atoms with Crippen LogP contribution in [0.25, 0.3) is 0 Å². The maximum Gasteiger partial charge on any atom is 0.309 e. The van der Waals surface area contributed by atoms with Gasteiger partial charge in [0.25, 0.3) is 0 Å². The molecular formula is C7H9N3O2. The van der Waals surface area contributed by atoms with Crippen LogP contribution in [0.3, 0.4) is 0 Å². The molecule has 1 aromatic rings. The molecule has 1 heterocycles. The number of nitrogen functional groups attached to an aromatic ring is 1. The number of nitrogens with zero attached hydrogens (tertiary/aromatic N) is 2. The molecule has 0 aliphatic rings. The summed E-state index contributed by atoms with van der Waals surface area (Å²) in [5, 5.41) is 8.46. The fraction of sp³-hybridized carbons (Fsp3) is 0.286. The highest BCUT2D eigenvalue weighted by Gasteiger charge is 2.06. The molecule has 0 amide bonds. The van der Waals surface area contributed by atoms with Crippen molar-refractivity contribution in [1.29, 1.82) is 0 Å². The van der Waals surface area contributed by atoms with Crippen molar-refractivity contribution in [3.05, 3.63) is 17.6 Å². The van der Waals surface area contributed by atoms with Gasteiger partial charge in [-0.3, -0.25) is 9.78 Å². The fourth-order valence-electron chi connectivity index (χ4n) is 0.810. The Balaban J connectivity index is 2.97. The Hall–Kier alpha value is -1.65. The minimum atomic E-state index is -0.957. The monoisotopic (exact) mass is 167 g/mol. The Labute approximate surface area is 69.3 Å². The predicted octanol–water partition coefficient (Wildman–Crippen LogP) is -0.00568. The van der Waals surface area contributed by atoms with Gasteiger partial charge in [0, 0.05) is 0 Å². The lowest BCUT2D eigenvalue weighted by Gasteiger charge is -2.00. The Morgan fingerprint density at radius 1 is 1.75 bits per heavy atom. The van der Waals surface area contributed by atoms with E-state index in [2.05, 4.69) is 9.97 Å².